The third-order valence-corrected chi connectivity index (χ3v) is 6.59. The summed E-state index contributed by atoms with van der Waals surface area (Å²) >= 11 is 6.62. The van der Waals surface area contributed by atoms with E-state index in [-0.39, 0.29) is 4.90 Å². The molecule has 0 spiro atoms. The van der Waals surface area contributed by atoms with E-state index in [0.29, 0.717) is 21.2 Å². The Kier molecular flexibility index (Phi) is 5.18. The average molecular weight is 443 g/mol. The number of hydrogen-bond donors (Lipinski definition) is 1. The molecular weight excluding hydrogens is 428 g/mol. The maximum Gasteiger partial charge on any atom is 0.263 e. The lowest BCUT2D eigenvalue weighted by molar-refractivity contribution is 0.601. The minimum atomic E-state index is -3.71. The maximum absolute atomic E-state index is 12.4. The van der Waals surface area contributed by atoms with Gasteiger partial charge in [0, 0.05) is 11.6 Å². The Morgan fingerprint density at radius 2 is 1.90 bits per heavy atom. The van der Waals surface area contributed by atoms with Gasteiger partial charge >= 0.3 is 0 Å². The van der Waals surface area contributed by atoms with Crippen LogP contribution in [0.3, 0.4) is 0 Å². The smallest absolute Gasteiger partial charge is 0.255 e. The Labute approximate surface area is 175 Å². The van der Waals surface area contributed by atoms with E-state index in [2.05, 4.69) is 25.0 Å². The molecule has 2 heterocycles. The molecule has 0 aliphatic heterocycles. The number of aryl methyl sites for hydroxylation is 1. The first-order chi connectivity index (χ1) is 13.9. The highest BCUT2D eigenvalue weighted by atomic mass is 32.2. The molecule has 0 aliphatic rings. The Morgan fingerprint density at radius 3 is 2.62 bits per heavy atom. The van der Waals surface area contributed by atoms with Crippen molar-refractivity contribution >= 4 is 55.4 Å². The highest BCUT2D eigenvalue weighted by Crippen LogP contribution is 2.22. The molecule has 0 unspecified atom stereocenters. The fourth-order valence-corrected chi connectivity index (χ4v) is 4.52. The van der Waals surface area contributed by atoms with Gasteiger partial charge in [-0.25, -0.2) is 23.1 Å². The van der Waals surface area contributed by atoms with Crippen LogP contribution in [-0.4, -0.2) is 23.1 Å². The van der Waals surface area contributed by atoms with E-state index >= 15 is 0 Å². The van der Waals surface area contributed by atoms with Crippen molar-refractivity contribution in [2.75, 3.05) is 4.72 Å². The number of para-hydroxylation sites is 2. The lowest BCUT2D eigenvalue weighted by Crippen LogP contribution is -2.12. The molecule has 2 aromatic heterocycles. The third kappa shape index (κ3) is 4.06. The van der Waals surface area contributed by atoms with Gasteiger partial charge in [-0.15, -0.1) is 16.5 Å². The summed E-state index contributed by atoms with van der Waals surface area (Å²) in [6.45, 7) is 1.82. The van der Waals surface area contributed by atoms with Gasteiger partial charge in [0.1, 0.15) is 0 Å². The molecule has 0 aliphatic carbocycles. The van der Waals surface area contributed by atoms with Gasteiger partial charge in [-0.3, -0.25) is 4.72 Å². The van der Waals surface area contributed by atoms with Crippen LogP contribution in [0.15, 0.2) is 75.3 Å². The topological polar surface area (TPSA) is 102 Å². The van der Waals surface area contributed by atoms with Crippen molar-refractivity contribution in [1.82, 2.24) is 14.6 Å². The van der Waals surface area contributed by atoms with Gasteiger partial charge in [0.15, 0.2) is 9.77 Å². The standard InChI is InChI=1S/C18H14N6O2S3/c1-12-17(27)24(16-5-3-2-4-15(16)20-12)23-21-13-6-8-14(9-7-13)29(25,26)22-18-19-10-11-28-18/h2-11H,1H3,(H,19,22). The normalized spacial score (nSPS) is 11.9. The fourth-order valence-electron chi connectivity index (χ4n) is 2.55. The SMILES string of the molecule is Cc1nc2ccccc2n(N=Nc2ccc(S(=O)(=O)Nc3nccs3)cc2)c1=S. The molecule has 4 aromatic rings. The Morgan fingerprint density at radius 1 is 1.14 bits per heavy atom. The highest BCUT2D eigenvalue weighted by molar-refractivity contribution is 7.93. The molecule has 29 heavy (non-hydrogen) atoms. The largest absolute Gasteiger partial charge is 0.263 e. The molecule has 1 N–H and O–H groups in total. The highest BCUT2D eigenvalue weighted by Gasteiger charge is 2.15. The second kappa shape index (κ2) is 7.78. The summed E-state index contributed by atoms with van der Waals surface area (Å²) in [5.41, 5.74) is 2.65. The van der Waals surface area contributed by atoms with Crippen molar-refractivity contribution < 1.29 is 8.42 Å². The van der Waals surface area contributed by atoms with Crippen LogP contribution in [0.4, 0.5) is 10.8 Å². The summed E-state index contributed by atoms with van der Waals surface area (Å²) in [5.74, 6) is 0. The molecule has 0 atom stereocenters. The number of thiazole rings is 1. The first kappa shape index (κ1) is 19.3. The summed E-state index contributed by atoms with van der Waals surface area (Å²) in [5, 5.41) is 10.4. The third-order valence-electron chi connectivity index (χ3n) is 3.95. The zero-order valence-corrected chi connectivity index (χ0v) is 17.5. The van der Waals surface area contributed by atoms with Crippen LogP contribution < -0.4 is 4.72 Å². The molecule has 0 bridgehead atoms. The second-order valence-electron chi connectivity index (χ2n) is 5.93. The van der Waals surface area contributed by atoms with Crippen LogP contribution >= 0.6 is 23.6 Å². The van der Waals surface area contributed by atoms with E-state index in [4.69, 9.17) is 12.2 Å². The second-order valence-corrected chi connectivity index (χ2v) is 8.89. The van der Waals surface area contributed by atoms with Gasteiger partial charge in [0.25, 0.3) is 10.0 Å². The number of fused-ring (bicyclic) bond motifs is 1. The zero-order valence-electron chi connectivity index (χ0n) is 15.1. The lowest BCUT2D eigenvalue weighted by Gasteiger charge is -2.07. The Balaban J connectivity index is 1.63. The monoisotopic (exact) mass is 442 g/mol. The summed E-state index contributed by atoms with van der Waals surface area (Å²) in [4.78, 5) is 8.49. The Hall–Kier alpha value is -3.02. The van der Waals surface area contributed by atoms with Crippen molar-refractivity contribution in [3.63, 3.8) is 0 Å². The average Bonchev–Trinajstić information content (AvgIpc) is 3.21. The van der Waals surface area contributed by atoms with Crippen molar-refractivity contribution in [1.29, 1.82) is 0 Å². The van der Waals surface area contributed by atoms with Crippen LogP contribution in [-0.2, 0) is 10.0 Å². The quantitative estimate of drug-likeness (QED) is 0.351. The van der Waals surface area contributed by atoms with Crippen molar-refractivity contribution in [2.24, 2.45) is 10.3 Å². The molecule has 0 amide bonds. The van der Waals surface area contributed by atoms with Crippen LogP contribution in [0.5, 0.6) is 0 Å². The summed E-state index contributed by atoms with van der Waals surface area (Å²) < 4.78 is 29.2. The van der Waals surface area contributed by atoms with Gasteiger partial charge in [-0.05, 0) is 43.3 Å². The molecule has 4 rings (SSSR count). The summed E-state index contributed by atoms with van der Waals surface area (Å²) in [7, 11) is -3.71. The van der Waals surface area contributed by atoms with Gasteiger partial charge in [-0.2, -0.15) is 0 Å². The van der Waals surface area contributed by atoms with Crippen molar-refractivity contribution in [2.45, 2.75) is 11.8 Å². The predicted octanol–water partition coefficient (Wildman–Crippen LogP) is 4.88. The number of nitrogens with one attached hydrogen (secondary N) is 1. The van der Waals surface area contributed by atoms with E-state index in [0.717, 1.165) is 11.0 Å². The van der Waals surface area contributed by atoms with Crippen molar-refractivity contribution in [3.05, 3.63) is 70.4 Å². The predicted molar refractivity (Wildman–Crippen MR) is 115 cm³/mol. The number of hydrogen-bond acceptors (Lipinski definition) is 8. The van der Waals surface area contributed by atoms with Crippen molar-refractivity contribution in [3.8, 4) is 0 Å². The molecule has 8 nitrogen and oxygen atoms in total. The molecule has 146 valence electrons. The molecular formula is C18H14N6O2S3. The fraction of sp³-hybridized carbons (Fsp3) is 0.0556. The number of sulfonamides is 1. The minimum absolute atomic E-state index is 0.105. The van der Waals surface area contributed by atoms with E-state index in [9.17, 15) is 8.42 Å². The lowest BCUT2D eigenvalue weighted by atomic mass is 10.3. The first-order valence-corrected chi connectivity index (χ1v) is 11.1. The Bertz CT molecular complexity index is 1360. The van der Waals surface area contributed by atoms with E-state index in [1.54, 1.807) is 22.2 Å². The number of anilines is 1. The summed E-state index contributed by atoms with van der Waals surface area (Å²) in [6.07, 6.45) is 1.53. The number of rotatable bonds is 5. The van der Waals surface area contributed by atoms with Gasteiger partial charge < -0.3 is 0 Å². The first-order valence-electron chi connectivity index (χ1n) is 8.37. The van der Waals surface area contributed by atoms with E-state index in [1.807, 2.05) is 31.2 Å². The molecule has 2 aromatic carbocycles. The van der Waals surface area contributed by atoms with Crippen LogP contribution in [0, 0.1) is 11.6 Å². The summed E-state index contributed by atoms with van der Waals surface area (Å²) in [6, 6.07) is 13.5. The minimum Gasteiger partial charge on any atom is -0.255 e. The zero-order chi connectivity index (χ0) is 20.4. The van der Waals surface area contributed by atoms with E-state index < -0.39 is 10.0 Å². The van der Waals surface area contributed by atoms with Gasteiger partial charge in [0.05, 0.1) is 27.3 Å². The maximum atomic E-state index is 12.4. The van der Waals surface area contributed by atoms with Gasteiger partial charge in [0.2, 0.25) is 0 Å². The van der Waals surface area contributed by atoms with E-state index in [1.165, 1.54) is 29.7 Å². The van der Waals surface area contributed by atoms with Crippen LogP contribution in [0.1, 0.15) is 5.69 Å². The van der Waals surface area contributed by atoms with Crippen LogP contribution in [0.25, 0.3) is 11.0 Å². The molecule has 0 saturated heterocycles. The van der Waals surface area contributed by atoms with Gasteiger partial charge in [-0.1, -0.05) is 29.6 Å². The molecule has 0 radical (unpaired) electrons. The molecule has 0 saturated carbocycles. The number of benzene rings is 2. The number of aromatic nitrogens is 3. The number of nitrogens with zero attached hydrogens (tertiary/aromatic N) is 5. The molecule has 0 fully saturated rings. The van der Waals surface area contributed by atoms with Crippen LogP contribution in [0.2, 0.25) is 0 Å². The molecule has 11 heteroatoms.